The first kappa shape index (κ1) is 19.1. The molecule has 0 fully saturated rings. The van der Waals surface area contributed by atoms with Gasteiger partial charge in [0, 0.05) is 6.20 Å². The Balaban J connectivity index is 0.00000225. The Kier molecular flexibility index (Phi) is 5.29. The molecule has 132 valence electrons. The standard InChI is InChI=1S/C16H14ClFN4O2.ClH/c1-7(2)11-12(8(3)4-5-19-11)22-14-9(15(23)21-16(22)24)6-10(18)13(17)20-14;/h4-7H,1-3H3,(H,21,23,24);1H. The second-order valence-corrected chi connectivity index (χ2v) is 6.06. The summed E-state index contributed by atoms with van der Waals surface area (Å²) in [5, 5.41) is 9.50. The van der Waals surface area contributed by atoms with Gasteiger partial charge in [-0.15, -0.1) is 12.4 Å². The second-order valence-electron chi connectivity index (χ2n) is 5.70. The van der Waals surface area contributed by atoms with Crippen LogP contribution in [0.25, 0.3) is 16.7 Å². The summed E-state index contributed by atoms with van der Waals surface area (Å²) in [6, 6.07) is 2.75. The van der Waals surface area contributed by atoms with Gasteiger partial charge in [-0.05, 0) is 30.5 Å². The summed E-state index contributed by atoms with van der Waals surface area (Å²) in [6.07, 6.45) is 1.65. The summed E-state index contributed by atoms with van der Waals surface area (Å²) in [7, 11) is 0. The van der Waals surface area contributed by atoms with Crippen molar-refractivity contribution in [3.05, 3.63) is 51.0 Å². The van der Waals surface area contributed by atoms with Crippen molar-refractivity contribution in [1.82, 2.24) is 19.5 Å². The fourth-order valence-corrected chi connectivity index (χ4v) is 2.70. The monoisotopic (exact) mass is 384 g/mol. The summed E-state index contributed by atoms with van der Waals surface area (Å²) in [4.78, 5) is 24.3. The minimum atomic E-state index is -0.807. The maximum absolute atomic E-state index is 13.7. The average Bonchev–Trinajstić information content (AvgIpc) is 2.50. The van der Waals surface area contributed by atoms with E-state index in [0.29, 0.717) is 11.4 Å². The van der Waals surface area contributed by atoms with Crippen molar-refractivity contribution in [3.63, 3.8) is 0 Å². The number of pyridine rings is 2. The summed E-state index contributed by atoms with van der Waals surface area (Å²) >= 11 is 5.77. The highest BCUT2D eigenvalue weighted by molar-refractivity contribution is 6.29. The lowest BCUT2D eigenvalue weighted by Crippen LogP contribution is -2.25. The van der Waals surface area contributed by atoms with Crippen molar-refractivity contribution in [2.24, 2.45) is 0 Å². The van der Waals surface area contributed by atoms with E-state index in [1.807, 2.05) is 20.8 Å². The molecule has 0 unspecified atom stereocenters. The number of hydrogen-bond acceptors (Lipinski definition) is 5. The third-order valence-electron chi connectivity index (χ3n) is 3.68. The van der Waals surface area contributed by atoms with Gasteiger partial charge in [-0.2, -0.15) is 4.98 Å². The van der Waals surface area contributed by atoms with E-state index in [1.165, 1.54) is 4.57 Å². The predicted octanol–water partition coefficient (Wildman–Crippen LogP) is 3.53. The van der Waals surface area contributed by atoms with E-state index < -0.39 is 22.5 Å². The van der Waals surface area contributed by atoms with Gasteiger partial charge in [0.2, 0.25) is 5.88 Å². The highest BCUT2D eigenvalue weighted by Gasteiger charge is 2.20. The van der Waals surface area contributed by atoms with Crippen molar-refractivity contribution in [2.45, 2.75) is 26.7 Å². The molecule has 0 bridgehead atoms. The molecule has 0 aliphatic carbocycles. The van der Waals surface area contributed by atoms with Crippen molar-refractivity contribution >= 4 is 35.0 Å². The molecule has 0 spiro atoms. The molecule has 25 heavy (non-hydrogen) atoms. The molecule has 3 aromatic heterocycles. The summed E-state index contributed by atoms with van der Waals surface area (Å²) < 4.78 is 14.9. The average molecular weight is 385 g/mol. The van der Waals surface area contributed by atoms with E-state index in [9.17, 15) is 14.3 Å². The van der Waals surface area contributed by atoms with Gasteiger partial charge in [0.15, 0.2) is 16.6 Å². The molecule has 0 atom stereocenters. The molecule has 0 aromatic carbocycles. The van der Waals surface area contributed by atoms with Gasteiger partial charge in [-0.25, -0.2) is 18.7 Å². The Labute approximate surface area is 153 Å². The van der Waals surface area contributed by atoms with Crippen LogP contribution in [-0.2, 0) is 0 Å². The third kappa shape index (κ3) is 3.17. The Morgan fingerprint density at radius 2 is 2.00 bits per heavy atom. The molecule has 0 saturated heterocycles. The zero-order valence-electron chi connectivity index (χ0n) is 13.6. The van der Waals surface area contributed by atoms with Crippen LogP contribution in [0.3, 0.4) is 0 Å². The fourth-order valence-electron chi connectivity index (χ4n) is 2.57. The maximum atomic E-state index is 13.7. The van der Waals surface area contributed by atoms with Gasteiger partial charge in [-0.1, -0.05) is 25.4 Å². The quantitative estimate of drug-likeness (QED) is 0.683. The molecule has 6 nitrogen and oxygen atoms in total. The van der Waals surface area contributed by atoms with Crippen LogP contribution in [0, 0.1) is 12.7 Å². The summed E-state index contributed by atoms with van der Waals surface area (Å²) in [6.45, 7) is 5.69. The summed E-state index contributed by atoms with van der Waals surface area (Å²) in [5.74, 6) is -1.38. The van der Waals surface area contributed by atoms with Crippen LogP contribution in [0.5, 0.6) is 5.88 Å². The molecule has 3 heterocycles. The van der Waals surface area contributed by atoms with Gasteiger partial charge in [-0.3, -0.25) is 4.98 Å². The molecule has 3 rings (SSSR count). The van der Waals surface area contributed by atoms with Gasteiger partial charge < -0.3 is 5.11 Å². The fraction of sp³-hybridized carbons (Fsp3) is 0.250. The van der Waals surface area contributed by atoms with Crippen molar-refractivity contribution < 1.29 is 9.50 Å². The third-order valence-corrected chi connectivity index (χ3v) is 3.95. The van der Waals surface area contributed by atoms with Crippen LogP contribution in [-0.4, -0.2) is 24.6 Å². The molecule has 0 radical (unpaired) electrons. The summed E-state index contributed by atoms with van der Waals surface area (Å²) in [5.41, 5.74) is 1.22. The maximum Gasteiger partial charge on any atom is 0.357 e. The second kappa shape index (κ2) is 6.93. The van der Waals surface area contributed by atoms with Crippen molar-refractivity contribution in [2.75, 3.05) is 0 Å². The van der Waals surface area contributed by atoms with E-state index in [2.05, 4.69) is 15.0 Å². The minimum absolute atomic E-state index is 0. The largest absolute Gasteiger partial charge is 0.493 e. The first-order valence-electron chi connectivity index (χ1n) is 7.25. The number of aromatic nitrogens is 4. The number of aryl methyl sites for hydroxylation is 1. The van der Waals surface area contributed by atoms with E-state index in [0.717, 1.165) is 11.6 Å². The van der Waals surface area contributed by atoms with Gasteiger partial charge in [0.1, 0.15) is 0 Å². The van der Waals surface area contributed by atoms with E-state index in [1.54, 1.807) is 12.3 Å². The van der Waals surface area contributed by atoms with Crippen LogP contribution in [0.4, 0.5) is 4.39 Å². The number of rotatable bonds is 2. The first-order valence-corrected chi connectivity index (χ1v) is 7.62. The van der Waals surface area contributed by atoms with Crippen molar-refractivity contribution in [1.29, 1.82) is 0 Å². The number of fused-ring (bicyclic) bond motifs is 1. The van der Waals surface area contributed by atoms with Gasteiger partial charge in [0.05, 0.1) is 16.8 Å². The SMILES string of the molecule is Cc1ccnc(C(C)C)c1-n1c(=O)nc(O)c2cc(F)c(Cl)nc21.Cl. The number of nitrogens with zero attached hydrogens (tertiary/aromatic N) is 4. The van der Waals surface area contributed by atoms with Gasteiger partial charge in [0.25, 0.3) is 0 Å². The van der Waals surface area contributed by atoms with E-state index in [4.69, 9.17) is 11.6 Å². The van der Waals surface area contributed by atoms with E-state index >= 15 is 0 Å². The molecule has 0 aliphatic heterocycles. The molecular weight excluding hydrogens is 370 g/mol. The van der Waals surface area contributed by atoms with Crippen LogP contribution in [0.1, 0.15) is 31.0 Å². The highest BCUT2D eigenvalue weighted by Crippen LogP contribution is 2.29. The molecular formula is C16H15Cl2FN4O2. The molecule has 0 aliphatic rings. The van der Waals surface area contributed by atoms with Crippen LogP contribution >= 0.6 is 24.0 Å². The number of hydrogen-bond donors (Lipinski definition) is 1. The van der Waals surface area contributed by atoms with Gasteiger partial charge >= 0.3 is 5.69 Å². The lowest BCUT2D eigenvalue weighted by atomic mass is 10.0. The molecule has 9 heteroatoms. The molecule has 0 amide bonds. The Morgan fingerprint density at radius 1 is 1.32 bits per heavy atom. The van der Waals surface area contributed by atoms with E-state index in [-0.39, 0.29) is 29.4 Å². The zero-order chi connectivity index (χ0) is 17.6. The van der Waals surface area contributed by atoms with Crippen molar-refractivity contribution in [3.8, 4) is 11.6 Å². The lowest BCUT2D eigenvalue weighted by Gasteiger charge is -2.17. The Bertz CT molecular complexity index is 1020. The molecule has 1 N–H and O–H groups in total. The zero-order valence-corrected chi connectivity index (χ0v) is 15.2. The van der Waals surface area contributed by atoms with Crippen LogP contribution < -0.4 is 5.69 Å². The lowest BCUT2D eigenvalue weighted by molar-refractivity contribution is 0.455. The molecule has 0 saturated carbocycles. The van der Waals surface area contributed by atoms with Crippen LogP contribution in [0.2, 0.25) is 5.15 Å². The Morgan fingerprint density at radius 3 is 2.64 bits per heavy atom. The highest BCUT2D eigenvalue weighted by atomic mass is 35.5. The topological polar surface area (TPSA) is 80.9 Å². The smallest absolute Gasteiger partial charge is 0.357 e. The molecule has 3 aromatic rings. The van der Waals surface area contributed by atoms with Crippen LogP contribution in [0.15, 0.2) is 23.1 Å². The number of aromatic hydroxyl groups is 1. The predicted molar refractivity (Wildman–Crippen MR) is 95.6 cm³/mol. The normalized spacial score (nSPS) is 11.0. The first-order chi connectivity index (χ1) is 11.3. The number of halogens is 3. The minimum Gasteiger partial charge on any atom is -0.493 e. The Hall–Kier alpha value is -2.25.